The van der Waals surface area contributed by atoms with Crippen LogP contribution in [0.15, 0.2) is 73.4 Å². The standard InChI is InChI=1S/C25H19Br2FN4O4/c1-2-3-23-30-21-9-6-17(26)11-20(21)25(33)31(23)29-13-16-10-18(27)12-22(32(34)35)24(16)36-14-15-4-7-19(28)8-5-15/h4-13H,2-3,14H2,1H3. The summed E-state index contributed by atoms with van der Waals surface area (Å²) in [6.45, 7) is 1.93. The molecule has 3 aromatic carbocycles. The van der Waals surface area contributed by atoms with Gasteiger partial charge in [-0.3, -0.25) is 14.9 Å². The summed E-state index contributed by atoms with van der Waals surface area (Å²) >= 11 is 6.67. The Morgan fingerprint density at radius 3 is 2.58 bits per heavy atom. The van der Waals surface area contributed by atoms with Crippen LogP contribution in [0.4, 0.5) is 10.1 Å². The van der Waals surface area contributed by atoms with Gasteiger partial charge in [0.1, 0.15) is 18.2 Å². The third kappa shape index (κ3) is 5.68. The van der Waals surface area contributed by atoms with Crippen LogP contribution in [0, 0.1) is 15.9 Å². The molecular weight excluding hydrogens is 599 g/mol. The molecule has 0 radical (unpaired) electrons. The molecule has 184 valence electrons. The lowest BCUT2D eigenvalue weighted by Crippen LogP contribution is -2.22. The molecule has 4 rings (SSSR count). The quantitative estimate of drug-likeness (QED) is 0.130. The average Bonchev–Trinajstić information content (AvgIpc) is 2.84. The van der Waals surface area contributed by atoms with Crippen molar-refractivity contribution in [3.8, 4) is 5.75 Å². The first kappa shape index (κ1) is 25.6. The Labute approximate surface area is 221 Å². The molecule has 11 heteroatoms. The number of nitrogens with zero attached hydrogens (tertiary/aromatic N) is 4. The summed E-state index contributed by atoms with van der Waals surface area (Å²) in [6, 6.07) is 13.8. The van der Waals surface area contributed by atoms with Crippen LogP contribution in [0.25, 0.3) is 10.9 Å². The Bertz CT molecular complexity index is 1540. The lowest BCUT2D eigenvalue weighted by atomic mass is 10.2. The number of hydrogen-bond acceptors (Lipinski definition) is 6. The van der Waals surface area contributed by atoms with Gasteiger partial charge in [-0.15, -0.1) is 0 Å². The minimum atomic E-state index is -0.564. The van der Waals surface area contributed by atoms with Crippen LogP contribution >= 0.6 is 31.9 Å². The van der Waals surface area contributed by atoms with Gasteiger partial charge in [0.05, 0.1) is 22.0 Å². The smallest absolute Gasteiger partial charge is 0.312 e. The molecule has 0 unspecified atom stereocenters. The summed E-state index contributed by atoms with van der Waals surface area (Å²) in [4.78, 5) is 29.1. The van der Waals surface area contributed by atoms with Gasteiger partial charge in [-0.1, -0.05) is 50.9 Å². The van der Waals surface area contributed by atoms with Crippen molar-refractivity contribution in [3.05, 3.63) is 107 Å². The molecular formula is C25H19Br2FN4O4. The number of aromatic nitrogens is 2. The van der Waals surface area contributed by atoms with Crippen LogP contribution in [0.2, 0.25) is 0 Å². The monoisotopic (exact) mass is 616 g/mol. The first-order valence-electron chi connectivity index (χ1n) is 10.9. The second-order valence-electron chi connectivity index (χ2n) is 7.82. The zero-order chi connectivity index (χ0) is 25.8. The number of nitro groups is 1. The zero-order valence-electron chi connectivity index (χ0n) is 19.0. The van der Waals surface area contributed by atoms with Crippen molar-refractivity contribution < 1.29 is 14.1 Å². The number of ether oxygens (including phenoxy) is 1. The van der Waals surface area contributed by atoms with E-state index in [4.69, 9.17) is 4.74 Å². The fourth-order valence-electron chi connectivity index (χ4n) is 3.54. The van der Waals surface area contributed by atoms with E-state index in [1.807, 2.05) is 13.0 Å². The summed E-state index contributed by atoms with van der Waals surface area (Å²) in [6.07, 6.45) is 2.58. The fourth-order valence-corrected chi connectivity index (χ4v) is 4.37. The molecule has 4 aromatic rings. The van der Waals surface area contributed by atoms with Gasteiger partial charge < -0.3 is 4.74 Å². The van der Waals surface area contributed by atoms with Gasteiger partial charge >= 0.3 is 5.69 Å². The third-order valence-electron chi connectivity index (χ3n) is 5.22. The minimum Gasteiger partial charge on any atom is -0.481 e. The molecule has 0 aliphatic heterocycles. The van der Waals surface area contributed by atoms with Gasteiger partial charge in [-0.05, 0) is 48.4 Å². The molecule has 0 N–H and O–H groups in total. The molecule has 0 spiro atoms. The molecule has 1 aromatic heterocycles. The lowest BCUT2D eigenvalue weighted by Gasteiger charge is -2.12. The zero-order valence-corrected chi connectivity index (χ0v) is 22.1. The lowest BCUT2D eigenvalue weighted by molar-refractivity contribution is -0.386. The Morgan fingerprint density at radius 1 is 1.14 bits per heavy atom. The van der Waals surface area contributed by atoms with Crippen LogP contribution in [-0.2, 0) is 13.0 Å². The molecule has 0 saturated carbocycles. The SMILES string of the molecule is CCCc1nc2ccc(Br)cc2c(=O)n1N=Cc1cc(Br)cc([N+](=O)[O-])c1OCc1ccc(F)cc1. The molecule has 0 bridgehead atoms. The number of nitro benzene ring substituents is 1. The number of hydrogen-bond donors (Lipinski definition) is 0. The summed E-state index contributed by atoms with van der Waals surface area (Å²) in [5.74, 6) is 0.0373. The van der Waals surface area contributed by atoms with Gasteiger partial charge in [0.25, 0.3) is 5.56 Å². The van der Waals surface area contributed by atoms with Crippen molar-refractivity contribution in [1.82, 2.24) is 9.66 Å². The highest BCUT2D eigenvalue weighted by atomic mass is 79.9. The molecule has 36 heavy (non-hydrogen) atoms. The van der Waals surface area contributed by atoms with Crippen molar-refractivity contribution in [2.45, 2.75) is 26.4 Å². The second-order valence-corrected chi connectivity index (χ2v) is 9.65. The molecule has 0 atom stereocenters. The first-order valence-corrected chi connectivity index (χ1v) is 12.5. The van der Waals surface area contributed by atoms with E-state index in [2.05, 4.69) is 41.9 Å². The summed E-state index contributed by atoms with van der Waals surface area (Å²) in [7, 11) is 0. The van der Waals surface area contributed by atoms with Gasteiger partial charge in [-0.2, -0.15) is 9.78 Å². The maximum atomic E-state index is 13.3. The number of halogens is 3. The van der Waals surface area contributed by atoms with Crippen LogP contribution in [0.5, 0.6) is 5.75 Å². The van der Waals surface area contributed by atoms with Gasteiger partial charge in [0.15, 0.2) is 0 Å². The molecule has 0 fully saturated rings. The Balaban J connectivity index is 1.80. The van der Waals surface area contributed by atoms with E-state index in [-0.39, 0.29) is 29.2 Å². The maximum Gasteiger partial charge on any atom is 0.312 e. The predicted octanol–water partition coefficient (Wildman–Crippen LogP) is 6.38. The van der Waals surface area contributed by atoms with Crippen LogP contribution in [0.3, 0.4) is 0 Å². The Hall–Kier alpha value is -3.44. The normalized spacial score (nSPS) is 11.3. The van der Waals surface area contributed by atoms with Crippen LogP contribution in [-0.4, -0.2) is 20.8 Å². The Morgan fingerprint density at radius 2 is 1.89 bits per heavy atom. The predicted molar refractivity (Wildman–Crippen MR) is 142 cm³/mol. The van der Waals surface area contributed by atoms with Crippen molar-refractivity contribution in [2.75, 3.05) is 0 Å². The van der Waals surface area contributed by atoms with E-state index in [1.54, 1.807) is 18.2 Å². The highest BCUT2D eigenvalue weighted by molar-refractivity contribution is 9.10. The van der Waals surface area contributed by atoms with E-state index in [0.717, 1.165) is 10.9 Å². The minimum absolute atomic E-state index is 0.0298. The molecule has 0 aliphatic carbocycles. The van der Waals surface area contributed by atoms with Gasteiger partial charge in [-0.25, -0.2) is 9.37 Å². The second kappa shape index (κ2) is 11.1. The number of fused-ring (bicyclic) bond motifs is 1. The highest BCUT2D eigenvalue weighted by Crippen LogP contribution is 2.34. The van der Waals surface area contributed by atoms with Gasteiger partial charge in [0, 0.05) is 27.0 Å². The fraction of sp³-hybridized carbons (Fsp3) is 0.160. The first-order chi connectivity index (χ1) is 17.3. The third-order valence-corrected chi connectivity index (χ3v) is 6.17. The van der Waals surface area contributed by atoms with E-state index in [1.165, 1.54) is 41.2 Å². The largest absolute Gasteiger partial charge is 0.481 e. The number of rotatable bonds is 8. The topological polar surface area (TPSA) is 99.6 Å². The molecule has 0 saturated heterocycles. The molecule has 1 heterocycles. The van der Waals surface area contributed by atoms with Gasteiger partial charge in [0.2, 0.25) is 5.75 Å². The maximum absolute atomic E-state index is 13.3. The summed E-state index contributed by atoms with van der Waals surface area (Å²) in [5.41, 5.74) is 0.817. The van der Waals surface area contributed by atoms with Crippen molar-refractivity contribution in [2.24, 2.45) is 5.10 Å². The molecule has 0 amide bonds. The summed E-state index contributed by atoms with van der Waals surface area (Å²) < 4.78 is 21.4. The van der Waals surface area contributed by atoms with E-state index in [9.17, 15) is 19.3 Å². The van der Waals surface area contributed by atoms with E-state index in [0.29, 0.717) is 33.2 Å². The van der Waals surface area contributed by atoms with Crippen LogP contribution < -0.4 is 10.3 Å². The number of benzene rings is 3. The highest BCUT2D eigenvalue weighted by Gasteiger charge is 2.21. The van der Waals surface area contributed by atoms with Crippen molar-refractivity contribution in [3.63, 3.8) is 0 Å². The number of aryl methyl sites for hydroxylation is 1. The Kier molecular flexibility index (Phi) is 7.90. The van der Waals surface area contributed by atoms with Crippen molar-refractivity contribution >= 4 is 54.7 Å². The van der Waals surface area contributed by atoms with E-state index >= 15 is 0 Å². The average molecular weight is 618 g/mol. The molecule has 0 aliphatic rings. The summed E-state index contributed by atoms with van der Waals surface area (Å²) in [5, 5.41) is 16.5. The molecule has 8 nitrogen and oxygen atoms in total. The van der Waals surface area contributed by atoms with E-state index < -0.39 is 10.7 Å². The van der Waals surface area contributed by atoms with Crippen LogP contribution in [0.1, 0.15) is 30.3 Å². The van der Waals surface area contributed by atoms with Crippen molar-refractivity contribution in [1.29, 1.82) is 0 Å².